The molecule has 0 fully saturated rings. The van der Waals surface area contributed by atoms with Gasteiger partial charge in [-0.1, -0.05) is 44.5 Å². The molecule has 1 atom stereocenters. The second-order valence-electron chi connectivity index (χ2n) is 7.27. The lowest BCUT2D eigenvalue weighted by Gasteiger charge is -2.40. The molecule has 1 aromatic heterocycles. The third kappa shape index (κ3) is 5.30. The molecule has 2 N–H and O–H groups in total. The number of nitrogens with zero attached hydrogens (tertiary/aromatic N) is 2. The van der Waals surface area contributed by atoms with E-state index in [1.165, 1.54) is 0 Å². The largest absolute Gasteiger partial charge is 0.492 e. The minimum absolute atomic E-state index is 0.295. The molecule has 2 rings (SSSR count). The predicted molar refractivity (Wildman–Crippen MR) is 103 cm³/mol. The molecular formula is C18H26ClN3O2S. The summed E-state index contributed by atoms with van der Waals surface area (Å²) in [6.07, 6.45) is 3.85. The zero-order chi connectivity index (χ0) is 18.5. The lowest BCUT2D eigenvalue weighted by atomic mass is 9.73. The average Bonchev–Trinajstić information content (AvgIpc) is 2.92. The molecule has 2 aromatic rings. The molecule has 1 unspecified atom stereocenters. The van der Waals surface area contributed by atoms with E-state index in [0.717, 1.165) is 12.8 Å². The third-order valence-electron chi connectivity index (χ3n) is 4.51. The van der Waals surface area contributed by atoms with Gasteiger partial charge >= 0.3 is 0 Å². The van der Waals surface area contributed by atoms with Crippen LogP contribution in [0.15, 0.2) is 30.6 Å². The van der Waals surface area contributed by atoms with Gasteiger partial charge in [0.15, 0.2) is 0 Å². The zero-order valence-corrected chi connectivity index (χ0v) is 16.5. The van der Waals surface area contributed by atoms with E-state index < -0.39 is 5.60 Å². The molecule has 0 aliphatic rings. The Bertz CT molecular complexity index is 738. The van der Waals surface area contributed by atoms with E-state index in [-0.39, 0.29) is 5.41 Å². The van der Waals surface area contributed by atoms with Gasteiger partial charge in [-0.05, 0) is 49.0 Å². The number of ether oxygens (including phenoxy) is 1. The molecular weight excluding hydrogens is 358 g/mol. The van der Waals surface area contributed by atoms with Crippen LogP contribution in [0.25, 0.3) is 0 Å². The van der Waals surface area contributed by atoms with E-state index in [9.17, 15) is 5.11 Å². The van der Waals surface area contributed by atoms with Gasteiger partial charge in [0.05, 0.1) is 23.8 Å². The molecule has 0 amide bonds. The van der Waals surface area contributed by atoms with Crippen LogP contribution in [0.3, 0.4) is 0 Å². The molecule has 7 heteroatoms. The first-order valence-corrected chi connectivity index (χ1v) is 9.21. The Kier molecular flexibility index (Phi) is 6.65. The maximum absolute atomic E-state index is 11.2. The summed E-state index contributed by atoms with van der Waals surface area (Å²) >= 11 is 11.3. The predicted octanol–water partition coefficient (Wildman–Crippen LogP) is 4.62. The summed E-state index contributed by atoms with van der Waals surface area (Å²) in [5, 5.41) is 14.8. The minimum Gasteiger partial charge on any atom is -0.492 e. The molecule has 0 aliphatic carbocycles. The van der Waals surface area contributed by atoms with Gasteiger partial charge in [-0.25, -0.2) is 4.98 Å². The van der Waals surface area contributed by atoms with Crippen LogP contribution in [0, 0.1) is 10.2 Å². The van der Waals surface area contributed by atoms with Crippen molar-refractivity contribution < 1.29 is 9.84 Å². The summed E-state index contributed by atoms with van der Waals surface area (Å²) in [4.78, 5) is 4.01. The monoisotopic (exact) mass is 383 g/mol. The molecule has 1 aromatic carbocycles. The van der Waals surface area contributed by atoms with Crippen molar-refractivity contribution in [1.82, 2.24) is 14.8 Å². The maximum atomic E-state index is 11.2. The Labute approximate surface area is 159 Å². The number of H-pyrrole nitrogens is 1. The van der Waals surface area contributed by atoms with Crippen molar-refractivity contribution >= 4 is 23.8 Å². The molecule has 5 nitrogen and oxygen atoms in total. The van der Waals surface area contributed by atoms with Gasteiger partial charge in [-0.15, -0.1) is 0 Å². The number of aliphatic hydroxyl groups is 1. The lowest BCUT2D eigenvalue weighted by Crippen LogP contribution is -2.46. The summed E-state index contributed by atoms with van der Waals surface area (Å²) in [5.41, 5.74) is -1.20. The zero-order valence-electron chi connectivity index (χ0n) is 15.0. The number of unbranched alkanes of at least 4 members (excludes halogenated alkanes) is 1. The standard InChI is InChI=1S/C18H26ClN3O2S/c1-17(2,3)18(23,12-22-16(25)20-13-21-22)10-6-7-11-24-15-9-5-4-8-14(15)19/h4-5,8-9,13,23H,6-7,10-12H2,1-3H3,(H,20,21,25). The summed E-state index contributed by atoms with van der Waals surface area (Å²) < 4.78 is 7.87. The number of hydrogen-bond donors (Lipinski definition) is 2. The molecule has 138 valence electrons. The van der Waals surface area contributed by atoms with E-state index in [0.29, 0.717) is 35.1 Å². The highest BCUT2D eigenvalue weighted by atomic mass is 35.5. The van der Waals surface area contributed by atoms with Crippen molar-refractivity contribution in [3.8, 4) is 5.75 Å². The van der Waals surface area contributed by atoms with Gasteiger partial charge in [0.1, 0.15) is 12.1 Å². The van der Waals surface area contributed by atoms with Crippen LogP contribution in [-0.4, -0.2) is 32.1 Å². The minimum atomic E-state index is -0.901. The molecule has 0 spiro atoms. The van der Waals surface area contributed by atoms with Gasteiger partial charge in [0.25, 0.3) is 0 Å². The Balaban J connectivity index is 1.89. The number of nitrogens with one attached hydrogen (secondary N) is 1. The SMILES string of the molecule is CC(C)(C)C(O)(CCCCOc1ccccc1Cl)Cn1[nH]cnc1=S. The molecule has 25 heavy (non-hydrogen) atoms. The molecule has 0 saturated carbocycles. The van der Waals surface area contributed by atoms with Crippen molar-refractivity contribution in [2.45, 2.75) is 52.2 Å². The van der Waals surface area contributed by atoms with Crippen LogP contribution >= 0.6 is 23.8 Å². The fourth-order valence-electron chi connectivity index (χ4n) is 2.61. The Hall–Kier alpha value is -1.37. The Morgan fingerprint density at radius 3 is 2.60 bits per heavy atom. The maximum Gasteiger partial charge on any atom is 0.215 e. The van der Waals surface area contributed by atoms with E-state index in [1.54, 1.807) is 11.0 Å². The molecule has 0 aliphatic heterocycles. The normalized spacial score (nSPS) is 14.3. The Morgan fingerprint density at radius 2 is 2.00 bits per heavy atom. The lowest BCUT2D eigenvalue weighted by molar-refractivity contribution is -0.0819. The van der Waals surface area contributed by atoms with E-state index in [2.05, 4.69) is 10.1 Å². The topological polar surface area (TPSA) is 63.1 Å². The van der Waals surface area contributed by atoms with Crippen molar-refractivity contribution in [3.05, 3.63) is 40.4 Å². The fourth-order valence-corrected chi connectivity index (χ4v) is 2.97. The quantitative estimate of drug-likeness (QED) is 0.515. The highest BCUT2D eigenvalue weighted by Gasteiger charge is 2.40. The van der Waals surface area contributed by atoms with E-state index >= 15 is 0 Å². The number of halogens is 1. The van der Waals surface area contributed by atoms with Crippen LogP contribution in [0.1, 0.15) is 40.0 Å². The van der Waals surface area contributed by atoms with Gasteiger partial charge in [0, 0.05) is 0 Å². The van der Waals surface area contributed by atoms with Gasteiger partial charge in [-0.3, -0.25) is 9.78 Å². The molecule has 1 heterocycles. The highest BCUT2D eigenvalue weighted by molar-refractivity contribution is 7.71. The van der Waals surface area contributed by atoms with Crippen LogP contribution in [-0.2, 0) is 6.54 Å². The molecule has 0 bridgehead atoms. The van der Waals surface area contributed by atoms with Crippen molar-refractivity contribution in [2.75, 3.05) is 6.61 Å². The van der Waals surface area contributed by atoms with Crippen LogP contribution in [0.4, 0.5) is 0 Å². The average molecular weight is 384 g/mol. The van der Waals surface area contributed by atoms with Gasteiger partial charge in [-0.2, -0.15) is 0 Å². The summed E-state index contributed by atoms with van der Waals surface area (Å²) in [6, 6.07) is 7.43. The molecule has 0 radical (unpaired) electrons. The van der Waals surface area contributed by atoms with Gasteiger partial charge in [0.2, 0.25) is 4.77 Å². The number of rotatable bonds is 8. The molecule has 0 saturated heterocycles. The number of hydrogen-bond acceptors (Lipinski definition) is 4. The van der Waals surface area contributed by atoms with Crippen molar-refractivity contribution in [1.29, 1.82) is 0 Å². The summed E-state index contributed by atoms with van der Waals surface area (Å²) in [6.45, 7) is 7.06. The first kappa shape index (κ1) is 19.9. The van der Waals surface area contributed by atoms with E-state index in [1.807, 2.05) is 45.0 Å². The van der Waals surface area contributed by atoms with E-state index in [4.69, 9.17) is 28.6 Å². The number of benzene rings is 1. The second-order valence-corrected chi connectivity index (χ2v) is 8.05. The Morgan fingerprint density at radius 1 is 1.28 bits per heavy atom. The van der Waals surface area contributed by atoms with Gasteiger partial charge < -0.3 is 9.84 Å². The smallest absolute Gasteiger partial charge is 0.215 e. The summed E-state index contributed by atoms with van der Waals surface area (Å²) in [5.74, 6) is 0.694. The number of aromatic nitrogens is 3. The number of aromatic amines is 1. The first-order chi connectivity index (χ1) is 11.7. The summed E-state index contributed by atoms with van der Waals surface area (Å²) in [7, 11) is 0. The third-order valence-corrected chi connectivity index (χ3v) is 5.15. The fraction of sp³-hybridized carbons (Fsp3) is 0.556. The highest BCUT2D eigenvalue weighted by Crippen LogP contribution is 2.36. The van der Waals surface area contributed by atoms with Crippen LogP contribution < -0.4 is 4.74 Å². The van der Waals surface area contributed by atoms with Crippen molar-refractivity contribution in [3.63, 3.8) is 0 Å². The second kappa shape index (κ2) is 8.34. The number of para-hydroxylation sites is 1. The first-order valence-electron chi connectivity index (χ1n) is 8.43. The van der Waals surface area contributed by atoms with Crippen molar-refractivity contribution in [2.24, 2.45) is 5.41 Å². The van der Waals surface area contributed by atoms with Crippen LogP contribution in [0.2, 0.25) is 5.02 Å². The van der Waals surface area contributed by atoms with Crippen LogP contribution in [0.5, 0.6) is 5.75 Å².